The van der Waals surface area contributed by atoms with E-state index in [1.165, 1.54) is 13.3 Å². The standard InChI is InChI=1S/C39H55N8O9P/c1-5-54-36(49)29(21-26-15-9-7-10-16-26)45-57(52,46-30(37(50)55-6-2)22-27-17-11-8-12-18-27)56-24-31(53-4)33(48)39(51)25(3)28(39)23-42-32-34(40)43-38(41)44-35(32)47-19-13-14-20-47/h7-12,15-18,23,25,28-31,33,48,51H,5-6,13-14,19-22,24H2,1-4H3,(H2,45,46,52)(H4,40,41,43,44)/b42-23-/t25?,28?,29-,30-,31?,33?,39?/m0/s1. The molecule has 1 saturated carbocycles. The van der Waals surface area contributed by atoms with Crippen LogP contribution in [0.5, 0.6) is 0 Å². The molecule has 7 atom stereocenters. The number of aliphatic imine (C=N–C) groups is 1. The summed E-state index contributed by atoms with van der Waals surface area (Å²) in [6.45, 7) is 6.12. The van der Waals surface area contributed by atoms with Gasteiger partial charge in [-0.05, 0) is 56.6 Å². The number of nitrogen functional groups attached to an aromatic ring is 2. The van der Waals surface area contributed by atoms with Crippen molar-refractivity contribution in [1.82, 2.24) is 20.1 Å². The Labute approximate surface area is 333 Å². The zero-order chi connectivity index (χ0) is 41.2. The van der Waals surface area contributed by atoms with Crippen molar-refractivity contribution in [2.45, 2.75) is 76.3 Å². The average Bonchev–Trinajstić information content (AvgIpc) is 3.48. The number of carbonyl (C=O) groups is 2. The van der Waals surface area contributed by atoms with Gasteiger partial charge in [0, 0.05) is 32.3 Å². The van der Waals surface area contributed by atoms with Crippen LogP contribution in [-0.4, -0.2) is 108 Å². The zero-order valence-corrected chi connectivity index (χ0v) is 33.7. The van der Waals surface area contributed by atoms with E-state index in [1.54, 1.807) is 69.3 Å². The molecule has 1 aromatic heterocycles. The Morgan fingerprint density at radius 1 is 0.965 bits per heavy atom. The van der Waals surface area contributed by atoms with Crippen LogP contribution < -0.4 is 26.5 Å². The van der Waals surface area contributed by atoms with Gasteiger partial charge < -0.3 is 45.3 Å². The van der Waals surface area contributed by atoms with Gasteiger partial charge in [0.2, 0.25) is 5.95 Å². The molecule has 0 spiro atoms. The fraction of sp³-hybridized carbons (Fsp3) is 0.513. The predicted octanol–water partition coefficient (Wildman–Crippen LogP) is 2.97. The second kappa shape index (κ2) is 19.8. The van der Waals surface area contributed by atoms with Crippen LogP contribution in [0.2, 0.25) is 0 Å². The van der Waals surface area contributed by atoms with Crippen LogP contribution in [0.25, 0.3) is 0 Å². The Morgan fingerprint density at radius 3 is 1.98 bits per heavy atom. The summed E-state index contributed by atoms with van der Waals surface area (Å²) in [6, 6.07) is 15.7. The fourth-order valence-electron chi connectivity index (χ4n) is 7.06. The van der Waals surface area contributed by atoms with Crippen LogP contribution in [0.3, 0.4) is 0 Å². The van der Waals surface area contributed by atoms with Crippen LogP contribution in [0.15, 0.2) is 65.7 Å². The SMILES string of the molecule is CCOC(=O)[C@H](Cc1ccccc1)NP(=O)(N[C@@H](Cc1ccccc1)C(=O)OCC)OCC(OC)C(O)C1(O)C(C)C1/C=N\c1c(N)nc(N)nc1N1CCCC1. The Kier molecular flexibility index (Phi) is 15.1. The molecule has 57 heavy (non-hydrogen) atoms. The molecule has 0 bridgehead atoms. The van der Waals surface area contributed by atoms with Crippen LogP contribution in [-0.2, 0) is 45.7 Å². The van der Waals surface area contributed by atoms with Gasteiger partial charge in [-0.15, -0.1) is 0 Å². The number of hydrogen-bond donors (Lipinski definition) is 6. The third kappa shape index (κ3) is 10.9. The van der Waals surface area contributed by atoms with Crippen LogP contribution in [0, 0.1) is 11.8 Å². The molecule has 2 aliphatic rings. The molecular weight excluding hydrogens is 755 g/mol. The molecule has 310 valence electrons. The molecule has 3 aromatic rings. The Morgan fingerprint density at radius 2 is 1.49 bits per heavy atom. The predicted molar refractivity (Wildman–Crippen MR) is 216 cm³/mol. The largest absolute Gasteiger partial charge is 0.465 e. The lowest BCUT2D eigenvalue weighted by Crippen LogP contribution is -2.48. The van der Waals surface area contributed by atoms with Crippen molar-refractivity contribution in [3.63, 3.8) is 0 Å². The lowest BCUT2D eigenvalue weighted by molar-refractivity contribution is -0.145. The smallest absolute Gasteiger partial charge is 0.342 e. The number of esters is 2. The minimum Gasteiger partial charge on any atom is -0.465 e. The highest BCUT2D eigenvalue weighted by Gasteiger charge is 2.66. The van der Waals surface area contributed by atoms with E-state index in [1.807, 2.05) is 17.0 Å². The number of nitrogens with two attached hydrogens (primary N) is 2. The van der Waals surface area contributed by atoms with Gasteiger partial charge in [0.25, 0.3) is 0 Å². The number of anilines is 3. The first-order valence-corrected chi connectivity index (χ1v) is 20.8. The normalized spacial score (nSPS) is 21.5. The zero-order valence-electron chi connectivity index (χ0n) is 32.8. The van der Waals surface area contributed by atoms with E-state index >= 15 is 4.57 Å². The highest BCUT2D eigenvalue weighted by molar-refractivity contribution is 7.54. The van der Waals surface area contributed by atoms with Crippen molar-refractivity contribution in [2.75, 3.05) is 56.4 Å². The maximum absolute atomic E-state index is 15.0. The first-order chi connectivity index (χ1) is 27.3. The van der Waals surface area contributed by atoms with Crippen molar-refractivity contribution in [3.8, 4) is 0 Å². The van der Waals surface area contributed by atoms with Crippen LogP contribution in [0.4, 0.5) is 23.3 Å². The summed E-state index contributed by atoms with van der Waals surface area (Å²) in [5.41, 5.74) is 12.2. The Balaban J connectivity index is 1.40. The Bertz CT molecular complexity index is 1800. The Hall–Kier alpha value is -4.48. The molecule has 1 aliphatic carbocycles. The summed E-state index contributed by atoms with van der Waals surface area (Å²) < 4.78 is 37.4. The molecule has 0 radical (unpaired) electrons. The highest BCUT2D eigenvalue weighted by atomic mass is 31.2. The van der Waals surface area contributed by atoms with E-state index in [-0.39, 0.29) is 37.8 Å². The van der Waals surface area contributed by atoms with E-state index in [0.717, 1.165) is 37.1 Å². The fourth-order valence-corrected chi connectivity index (χ4v) is 8.85. The van der Waals surface area contributed by atoms with Crippen molar-refractivity contribution in [1.29, 1.82) is 0 Å². The second-order valence-corrected chi connectivity index (χ2v) is 16.0. The van der Waals surface area contributed by atoms with E-state index in [9.17, 15) is 19.8 Å². The third-order valence-electron chi connectivity index (χ3n) is 10.3. The topological polar surface area (TPSA) is 246 Å². The molecule has 2 fully saturated rings. The lowest BCUT2D eigenvalue weighted by Gasteiger charge is -2.31. The van der Waals surface area contributed by atoms with E-state index < -0.39 is 67.9 Å². The number of benzene rings is 2. The molecule has 0 amide bonds. The number of nitrogens with one attached hydrogen (secondary N) is 2. The van der Waals surface area contributed by atoms with E-state index in [4.69, 9.17) is 30.2 Å². The summed E-state index contributed by atoms with van der Waals surface area (Å²) in [6.07, 6.45) is 0.763. The number of ether oxygens (including phenoxy) is 3. The minimum atomic E-state index is -4.45. The summed E-state index contributed by atoms with van der Waals surface area (Å²) in [4.78, 5) is 41.7. The maximum Gasteiger partial charge on any atom is 0.342 e. The number of rotatable bonds is 21. The van der Waals surface area contributed by atoms with Gasteiger partial charge in [0.05, 0.1) is 19.8 Å². The maximum atomic E-state index is 15.0. The van der Waals surface area contributed by atoms with Gasteiger partial charge in [-0.1, -0.05) is 67.6 Å². The summed E-state index contributed by atoms with van der Waals surface area (Å²) in [5.74, 6) is -1.96. The molecule has 2 aromatic carbocycles. The second-order valence-electron chi connectivity index (χ2n) is 14.1. The van der Waals surface area contributed by atoms with Gasteiger partial charge >= 0.3 is 19.6 Å². The average molecular weight is 811 g/mol. The molecule has 2 heterocycles. The van der Waals surface area contributed by atoms with Crippen molar-refractivity contribution >= 4 is 49.1 Å². The molecule has 5 unspecified atom stereocenters. The molecule has 1 saturated heterocycles. The third-order valence-corrected chi connectivity index (χ3v) is 12.1. The molecule has 1 aliphatic heterocycles. The molecule has 5 rings (SSSR count). The first-order valence-electron chi connectivity index (χ1n) is 19.2. The summed E-state index contributed by atoms with van der Waals surface area (Å²) in [5, 5.41) is 29.1. The number of nitrogens with zero attached hydrogens (tertiary/aromatic N) is 4. The van der Waals surface area contributed by atoms with E-state index in [0.29, 0.717) is 11.5 Å². The monoisotopic (exact) mass is 810 g/mol. The number of aliphatic hydroxyl groups is 2. The van der Waals surface area contributed by atoms with Gasteiger partial charge in [-0.3, -0.25) is 19.1 Å². The van der Waals surface area contributed by atoms with Crippen LogP contribution >= 0.6 is 7.67 Å². The summed E-state index contributed by atoms with van der Waals surface area (Å²) in [7, 11) is -3.14. The first kappa shape index (κ1) is 43.6. The molecule has 18 heteroatoms. The molecule has 8 N–H and O–H groups in total. The van der Waals surface area contributed by atoms with Crippen molar-refractivity contribution < 1.29 is 43.1 Å². The van der Waals surface area contributed by atoms with E-state index in [2.05, 4.69) is 25.1 Å². The quantitative estimate of drug-likeness (QED) is 0.0514. The molecule has 17 nitrogen and oxygen atoms in total. The number of carbonyl (C=O) groups excluding carboxylic acids is 2. The molecular formula is C39H55N8O9P. The van der Waals surface area contributed by atoms with Gasteiger partial charge in [0.15, 0.2) is 11.6 Å². The number of aliphatic hydroxyl groups excluding tert-OH is 1. The van der Waals surface area contributed by atoms with Gasteiger partial charge in [-0.25, -0.2) is 10.2 Å². The number of aromatic nitrogens is 2. The number of hydrogen-bond acceptors (Lipinski definition) is 15. The van der Waals surface area contributed by atoms with Gasteiger partial charge in [-0.2, -0.15) is 9.97 Å². The van der Waals surface area contributed by atoms with Crippen molar-refractivity contribution in [3.05, 3.63) is 71.8 Å². The summed E-state index contributed by atoms with van der Waals surface area (Å²) >= 11 is 0. The lowest BCUT2D eigenvalue weighted by atomic mass is 10.0. The van der Waals surface area contributed by atoms with Gasteiger partial charge in [0.1, 0.15) is 35.6 Å². The number of methoxy groups -OCH3 is 1. The van der Waals surface area contributed by atoms with Crippen molar-refractivity contribution in [2.24, 2.45) is 16.8 Å². The highest BCUT2D eigenvalue weighted by Crippen LogP contribution is 2.53. The minimum absolute atomic E-state index is 0.0200. The van der Waals surface area contributed by atoms with Crippen LogP contribution in [0.1, 0.15) is 44.7 Å².